The summed E-state index contributed by atoms with van der Waals surface area (Å²) in [6.45, 7) is 2.42. The lowest BCUT2D eigenvalue weighted by atomic mass is 10.4. The quantitative estimate of drug-likeness (QED) is 0.273. The average Bonchev–Trinajstić information content (AvgIpc) is 2.72. The lowest BCUT2D eigenvalue weighted by Gasteiger charge is -2.00. The van der Waals surface area contributed by atoms with Crippen molar-refractivity contribution < 1.29 is 4.92 Å². The number of aromatic nitrogens is 2. The van der Waals surface area contributed by atoms with Gasteiger partial charge in [0.15, 0.2) is 0 Å². The highest BCUT2D eigenvalue weighted by atomic mass is 32.2. The maximum Gasteiger partial charge on any atom is 0.250 e. The van der Waals surface area contributed by atoms with Crippen LogP contribution in [0.4, 0.5) is 0 Å². The summed E-state index contributed by atoms with van der Waals surface area (Å²) in [5.74, 6) is 1.68. The first kappa shape index (κ1) is 15.0. The van der Waals surface area contributed by atoms with Crippen LogP contribution in [0.15, 0.2) is 11.3 Å². The molecule has 0 aliphatic heterocycles. The molecule has 1 aromatic rings. The Labute approximate surface area is 114 Å². The Morgan fingerprint density at radius 3 is 3.00 bits per heavy atom. The van der Waals surface area contributed by atoms with E-state index in [9.17, 15) is 10.1 Å². The molecule has 1 N–H and O–H groups in total. The van der Waals surface area contributed by atoms with Crippen molar-refractivity contribution >= 4 is 28.6 Å². The molecule has 8 heteroatoms. The first-order valence-corrected chi connectivity index (χ1v) is 7.77. The molecule has 1 rings (SSSR count). The van der Waals surface area contributed by atoms with Gasteiger partial charge in [-0.15, -0.1) is 11.8 Å². The third kappa shape index (κ3) is 5.54. The third-order valence-corrected chi connectivity index (χ3v) is 3.88. The number of H-pyrrole nitrogens is 1. The van der Waals surface area contributed by atoms with Gasteiger partial charge in [-0.1, -0.05) is 0 Å². The normalized spacial score (nSPS) is 11.8. The van der Waals surface area contributed by atoms with Gasteiger partial charge in [-0.25, -0.2) is 4.98 Å². The molecule has 18 heavy (non-hydrogen) atoms. The van der Waals surface area contributed by atoms with Crippen LogP contribution in [0.25, 0.3) is 0 Å². The Morgan fingerprint density at radius 1 is 1.67 bits per heavy atom. The minimum Gasteiger partial charge on any atom is -0.348 e. The zero-order chi connectivity index (χ0) is 13.4. The number of imidazole rings is 1. The lowest BCUT2D eigenvalue weighted by Crippen LogP contribution is -2.11. The summed E-state index contributed by atoms with van der Waals surface area (Å²) < 4.78 is 0. The van der Waals surface area contributed by atoms with Gasteiger partial charge >= 0.3 is 0 Å². The first-order valence-electron chi connectivity index (χ1n) is 5.39. The minimum absolute atomic E-state index is 0.176. The second kappa shape index (κ2) is 8.15. The fraction of sp³-hybridized carbons (Fsp3) is 0.600. The van der Waals surface area contributed by atoms with E-state index in [4.69, 9.17) is 0 Å². The highest BCUT2D eigenvalue weighted by Gasteiger charge is 2.05. The van der Waals surface area contributed by atoms with E-state index in [1.807, 2.05) is 13.2 Å². The predicted molar refractivity (Wildman–Crippen MR) is 77.2 cm³/mol. The molecule has 1 aromatic heterocycles. The summed E-state index contributed by atoms with van der Waals surface area (Å²) >= 11 is 3.07. The molecular formula is C10H16N4O2S2. The number of aromatic amines is 1. The Morgan fingerprint density at radius 2 is 2.44 bits per heavy atom. The Bertz CT molecular complexity index is 420. The smallest absolute Gasteiger partial charge is 0.250 e. The molecule has 6 nitrogen and oxygen atoms in total. The summed E-state index contributed by atoms with van der Waals surface area (Å²) in [7, 11) is 0. The van der Waals surface area contributed by atoms with Gasteiger partial charge in [0.1, 0.15) is 5.04 Å². The highest BCUT2D eigenvalue weighted by Crippen LogP contribution is 2.12. The van der Waals surface area contributed by atoms with Crippen molar-refractivity contribution in [2.75, 3.05) is 25.1 Å². The van der Waals surface area contributed by atoms with Crippen LogP contribution in [0.1, 0.15) is 11.4 Å². The molecule has 0 unspecified atom stereocenters. The van der Waals surface area contributed by atoms with Crippen molar-refractivity contribution in [3.05, 3.63) is 27.8 Å². The number of nitrogens with one attached hydrogen (secondary N) is 1. The van der Waals surface area contributed by atoms with Gasteiger partial charge in [0, 0.05) is 28.7 Å². The van der Waals surface area contributed by atoms with Gasteiger partial charge in [0.2, 0.25) is 0 Å². The van der Waals surface area contributed by atoms with Crippen molar-refractivity contribution in [3.63, 3.8) is 0 Å². The Kier molecular flexibility index (Phi) is 6.81. The second-order valence-corrected chi connectivity index (χ2v) is 5.48. The molecule has 0 fully saturated rings. The fourth-order valence-corrected chi connectivity index (χ4v) is 2.53. The van der Waals surface area contributed by atoms with Crippen LogP contribution in [0.5, 0.6) is 0 Å². The van der Waals surface area contributed by atoms with Crippen LogP contribution >= 0.6 is 23.5 Å². The number of thioether (sulfide) groups is 2. The monoisotopic (exact) mass is 288 g/mol. The van der Waals surface area contributed by atoms with E-state index in [1.54, 1.807) is 18.1 Å². The van der Waals surface area contributed by atoms with Gasteiger partial charge in [0.05, 0.1) is 12.0 Å². The number of nitro groups is 1. The zero-order valence-corrected chi connectivity index (χ0v) is 12.0. The van der Waals surface area contributed by atoms with Crippen molar-refractivity contribution in [2.24, 2.45) is 4.99 Å². The zero-order valence-electron chi connectivity index (χ0n) is 10.4. The summed E-state index contributed by atoms with van der Waals surface area (Å²) in [5.41, 5.74) is 2.14. The van der Waals surface area contributed by atoms with Crippen molar-refractivity contribution in [1.29, 1.82) is 0 Å². The molecule has 0 radical (unpaired) electrons. The molecule has 0 saturated carbocycles. The van der Waals surface area contributed by atoms with Crippen LogP contribution < -0.4 is 0 Å². The summed E-state index contributed by atoms with van der Waals surface area (Å²) in [4.78, 5) is 21.4. The maximum atomic E-state index is 10.3. The highest BCUT2D eigenvalue weighted by molar-refractivity contribution is 8.13. The molecule has 100 valence electrons. The predicted octanol–water partition coefficient (Wildman–Crippen LogP) is 1.99. The van der Waals surface area contributed by atoms with E-state index in [0.717, 1.165) is 22.9 Å². The molecule has 0 aliphatic carbocycles. The largest absolute Gasteiger partial charge is 0.348 e. The van der Waals surface area contributed by atoms with Crippen LogP contribution in [0, 0.1) is 17.0 Å². The molecule has 0 aromatic carbocycles. The number of aryl methyl sites for hydroxylation is 1. The fourth-order valence-electron chi connectivity index (χ4n) is 1.23. The SMILES string of the molecule is CSC(C[N+](=O)[O-])=NCCSCc1nc[nH]c1C. The third-order valence-electron chi connectivity index (χ3n) is 2.20. The van der Waals surface area contributed by atoms with Gasteiger partial charge in [-0.05, 0) is 13.2 Å². The summed E-state index contributed by atoms with van der Waals surface area (Å²) in [5, 5.41) is 10.9. The Balaban J connectivity index is 2.23. The minimum atomic E-state index is -0.352. The van der Waals surface area contributed by atoms with E-state index in [2.05, 4.69) is 15.0 Å². The number of nitrogens with zero attached hydrogens (tertiary/aromatic N) is 3. The topological polar surface area (TPSA) is 84.2 Å². The Hall–Kier alpha value is -1.02. The molecule has 0 saturated heterocycles. The van der Waals surface area contributed by atoms with Crippen molar-refractivity contribution in [3.8, 4) is 0 Å². The van der Waals surface area contributed by atoms with Crippen molar-refractivity contribution in [2.45, 2.75) is 12.7 Å². The van der Waals surface area contributed by atoms with E-state index < -0.39 is 0 Å². The second-order valence-electron chi connectivity index (χ2n) is 3.50. The maximum absolute atomic E-state index is 10.3. The summed E-state index contributed by atoms with van der Waals surface area (Å²) in [6, 6.07) is 0. The number of hydrogen-bond acceptors (Lipinski definition) is 6. The van der Waals surface area contributed by atoms with Gasteiger partial charge in [-0.2, -0.15) is 11.8 Å². The van der Waals surface area contributed by atoms with E-state index in [1.165, 1.54) is 11.8 Å². The number of aliphatic imine (C=N–C) groups is 1. The number of hydrogen-bond donors (Lipinski definition) is 1. The van der Waals surface area contributed by atoms with E-state index in [-0.39, 0.29) is 11.5 Å². The first-order chi connectivity index (χ1) is 8.63. The molecule has 0 atom stereocenters. The van der Waals surface area contributed by atoms with Gasteiger partial charge < -0.3 is 4.98 Å². The van der Waals surface area contributed by atoms with Crippen molar-refractivity contribution in [1.82, 2.24) is 9.97 Å². The molecule has 0 spiro atoms. The molecule has 0 bridgehead atoms. The van der Waals surface area contributed by atoms with Crippen LogP contribution in [-0.2, 0) is 5.75 Å². The van der Waals surface area contributed by atoms with Crippen LogP contribution in [0.3, 0.4) is 0 Å². The van der Waals surface area contributed by atoms with Gasteiger partial charge in [0.25, 0.3) is 6.54 Å². The summed E-state index contributed by atoms with van der Waals surface area (Å²) in [6.07, 6.45) is 3.49. The number of rotatable bonds is 7. The van der Waals surface area contributed by atoms with E-state index >= 15 is 0 Å². The molecule has 0 amide bonds. The molecule has 0 aliphatic rings. The van der Waals surface area contributed by atoms with Crippen LogP contribution in [-0.4, -0.2) is 45.0 Å². The average molecular weight is 288 g/mol. The van der Waals surface area contributed by atoms with E-state index in [0.29, 0.717) is 11.6 Å². The standard InChI is InChI=1S/C10H16N4O2S2/c1-8-9(13-7-12-8)6-18-4-3-11-10(17-2)5-14(15)16/h7H,3-6H2,1-2H3,(H,12,13). The van der Waals surface area contributed by atoms with Crippen LogP contribution in [0.2, 0.25) is 0 Å². The lowest BCUT2D eigenvalue weighted by molar-refractivity contribution is -0.462. The molecule has 1 heterocycles. The molecular weight excluding hydrogens is 272 g/mol. The van der Waals surface area contributed by atoms with Gasteiger partial charge in [-0.3, -0.25) is 15.1 Å².